The van der Waals surface area contributed by atoms with E-state index in [0.29, 0.717) is 17.5 Å². The van der Waals surface area contributed by atoms with E-state index in [9.17, 15) is 0 Å². The molecule has 262 valence electrons. The van der Waals surface area contributed by atoms with Crippen LogP contribution in [0.2, 0.25) is 0 Å². The Bertz CT molecular complexity index is 3250. The second-order valence-corrected chi connectivity index (χ2v) is 15.0. The zero-order valence-electron chi connectivity index (χ0n) is 30.1. The van der Waals surface area contributed by atoms with Crippen molar-refractivity contribution in [2.45, 2.75) is 0 Å². The lowest BCUT2D eigenvalue weighted by Crippen LogP contribution is -2.01. The number of thiophene rings is 1. The Morgan fingerprint density at radius 1 is 0.321 bits per heavy atom. The fourth-order valence-corrected chi connectivity index (χ4v) is 9.03. The summed E-state index contributed by atoms with van der Waals surface area (Å²) in [5, 5.41) is 4.71. The second-order valence-electron chi connectivity index (χ2n) is 14.0. The molecule has 0 unspecified atom stereocenters. The Hall–Kier alpha value is -7.21. The summed E-state index contributed by atoms with van der Waals surface area (Å²) in [5.74, 6) is 1.92. The van der Waals surface area contributed by atoms with Crippen molar-refractivity contribution in [3.8, 4) is 67.5 Å². The third-order valence-corrected chi connectivity index (χ3v) is 11.8. The Morgan fingerprint density at radius 2 is 0.875 bits per heavy atom. The number of para-hydroxylation sites is 1. The molecular formula is C51H31N3OS. The molecule has 3 aromatic heterocycles. The molecule has 0 atom stereocenters. The topological polar surface area (TPSA) is 51.8 Å². The highest BCUT2D eigenvalue weighted by molar-refractivity contribution is 7.26. The molecule has 0 radical (unpaired) electrons. The molecule has 8 aromatic carbocycles. The average Bonchev–Trinajstić information content (AvgIpc) is 3.85. The molecule has 0 aliphatic heterocycles. The van der Waals surface area contributed by atoms with Crippen LogP contribution in [0.5, 0.6) is 0 Å². The van der Waals surface area contributed by atoms with Crippen LogP contribution in [0.15, 0.2) is 192 Å². The summed E-state index contributed by atoms with van der Waals surface area (Å²) in [6.45, 7) is 0. The van der Waals surface area contributed by atoms with Crippen LogP contribution < -0.4 is 0 Å². The van der Waals surface area contributed by atoms with Crippen molar-refractivity contribution < 1.29 is 4.42 Å². The van der Waals surface area contributed by atoms with Crippen LogP contribution in [-0.2, 0) is 0 Å². The van der Waals surface area contributed by atoms with E-state index >= 15 is 0 Å². The van der Waals surface area contributed by atoms with Crippen LogP contribution in [-0.4, -0.2) is 15.0 Å². The molecule has 4 nitrogen and oxygen atoms in total. The number of hydrogen-bond acceptors (Lipinski definition) is 5. The summed E-state index contributed by atoms with van der Waals surface area (Å²) < 4.78 is 8.49. The van der Waals surface area contributed by atoms with Gasteiger partial charge in [0.25, 0.3) is 0 Å². The molecule has 56 heavy (non-hydrogen) atoms. The third kappa shape index (κ3) is 5.56. The molecular weight excluding hydrogens is 703 g/mol. The molecule has 11 rings (SSSR count). The fourth-order valence-electron chi connectivity index (χ4n) is 7.82. The van der Waals surface area contributed by atoms with Gasteiger partial charge in [-0.25, -0.2) is 15.0 Å². The summed E-state index contributed by atoms with van der Waals surface area (Å²) in [5.41, 5.74) is 11.4. The molecule has 0 bridgehead atoms. The fraction of sp³-hybridized carbons (Fsp3) is 0. The first-order valence-electron chi connectivity index (χ1n) is 18.7. The molecule has 11 aromatic rings. The molecule has 0 aliphatic carbocycles. The predicted octanol–water partition coefficient (Wildman–Crippen LogP) is 14.1. The van der Waals surface area contributed by atoms with Crippen LogP contribution in [0.4, 0.5) is 0 Å². The highest BCUT2D eigenvalue weighted by atomic mass is 32.1. The Balaban J connectivity index is 1.02. The summed E-state index contributed by atoms with van der Waals surface area (Å²) in [4.78, 5) is 15.7. The van der Waals surface area contributed by atoms with E-state index in [1.807, 2.05) is 18.2 Å². The van der Waals surface area contributed by atoms with E-state index in [-0.39, 0.29) is 0 Å². The van der Waals surface area contributed by atoms with E-state index in [0.717, 1.165) is 72.0 Å². The van der Waals surface area contributed by atoms with Gasteiger partial charge in [0.2, 0.25) is 0 Å². The number of rotatable bonds is 6. The normalized spacial score (nSPS) is 11.6. The molecule has 0 spiro atoms. The minimum atomic E-state index is 0.630. The minimum Gasteiger partial charge on any atom is -0.456 e. The van der Waals surface area contributed by atoms with Gasteiger partial charge in [0.15, 0.2) is 17.5 Å². The molecule has 0 amide bonds. The summed E-state index contributed by atoms with van der Waals surface area (Å²) in [7, 11) is 0. The summed E-state index contributed by atoms with van der Waals surface area (Å²) in [6.07, 6.45) is 0. The maximum absolute atomic E-state index is 6.08. The van der Waals surface area contributed by atoms with Crippen molar-refractivity contribution >= 4 is 53.4 Å². The lowest BCUT2D eigenvalue weighted by Gasteiger charge is -2.13. The first kappa shape index (κ1) is 32.2. The maximum atomic E-state index is 6.08. The van der Waals surface area contributed by atoms with Gasteiger partial charge in [-0.15, -0.1) is 11.3 Å². The Kier molecular flexibility index (Phi) is 7.64. The number of hydrogen-bond donors (Lipinski definition) is 0. The lowest BCUT2D eigenvalue weighted by atomic mass is 9.98. The quantitative estimate of drug-likeness (QED) is 0.171. The number of fused-ring (bicyclic) bond motifs is 6. The third-order valence-electron chi connectivity index (χ3n) is 10.6. The zero-order chi connectivity index (χ0) is 37.0. The molecule has 0 N–H and O–H groups in total. The number of furan rings is 1. The van der Waals surface area contributed by atoms with E-state index < -0.39 is 0 Å². The predicted molar refractivity (Wildman–Crippen MR) is 233 cm³/mol. The van der Waals surface area contributed by atoms with E-state index in [1.54, 1.807) is 11.3 Å². The van der Waals surface area contributed by atoms with Gasteiger partial charge < -0.3 is 4.42 Å². The van der Waals surface area contributed by atoms with Crippen molar-refractivity contribution in [2.24, 2.45) is 0 Å². The van der Waals surface area contributed by atoms with Crippen LogP contribution in [0.3, 0.4) is 0 Å². The average molecular weight is 734 g/mol. The second kappa shape index (κ2) is 13.3. The standard InChI is InChI=1S/C51H31N3OS/c1-2-12-34(13-3-1)38-16-4-5-19-42(38)50-52-49(53-51(54-50)43-21-11-20-41-40-18-7-9-23-47(40)56-48(41)43)37-15-10-14-35(30-37)32-24-26-33(27-25-32)36-28-29-46-44(31-36)39-17-6-8-22-45(39)55-46/h1-31H. The van der Waals surface area contributed by atoms with E-state index in [2.05, 4.69) is 170 Å². The van der Waals surface area contributed by atoms with Gasteiger partial charge in [0, 0.05) is 47.6 Å². The van der Waals surface area contributed by atoms with E-state index in [4.69, 9.17) is 19.4 Å². The van der Waals surface area contributed by atoms with Gasteiger partial charge >= 0.3 is 0 Å². The highest BCUT2D eigenvalue weighted by Crippen LogP contribution is 2.41. The smallest absolute Gasteiger partial charge is 0.165 e. The first-order valence-corrected chi connectivity index (χ1v) is 19.5. The van der Waals surface area contributed by atoms with Crippen molar-refractivity contribution in [1.82, 2.24) is 15.0 Å². The molecule has 5 heteroatoms. The number of nitrogens with zero attached hydrogens (tertiary/aromatic N) is 3. The van der Waals surface area contributed by atoms with Crippen LogP contribution in [0, 0.1) is 0 Å². The van der Waals surface area contributed by atoms with Crippen LogP contribution >= 0.6 is 11.3 Å². The Labute approximate surface area is 327 Å². The maximum Gasteiger partial charge on any atom is 0.165 e. The zero-order valence-corrected chi connectivity index (χ0v) is 30.9. The van der Waals surface area contributed by atoms with E-state index in [1.165, 1.54) is 20.2 Å². The Morgan fingerprint density at radius 3 is 1.71 bits per heavy atom. The molecule has 0 saturated heterocycles. The molecule has 0 fully saturated rings. The highest BCUT2D eigenvalue weighted by Gasteiger charge is 2.19. The van der Waals surface area contributed by atoms with Gasteiger partial charge in [0.05, 0.1) is 0 Å². The van der Waals surface area contributed by atoms with Gasteiger partial charge in [0.1, 0.15) is 11.2 Å². The monoisotopic (exact) mass is 733 g/mol. The van der Waals surface area contributed by atoms with Crippen molar-refractivity contribution in [3.63, 3.8) is 0 Å². The SMILES string of the molecule is c1ccc(-c2ccccc2-c2nc(-c3cccc(-c4ccc(-c5ccc6oc7ccccc7c6c5)cc4)c3)nc(-c3cccc4c3sc3ccccc34)n2)cc1. The van der Waals surface area contributed by atoms with Gasteiger partial charge in [-0.1, -0.05) is 152 Å². The molecule has 0 saturated carbocycles. The number of aromatic nitrogens is 3. The summed E-state index contributed by atoms with van der Waals surface area (Å²) in [6, 6.07) is 65.7. The van der Waals surface area contributed by atoms with Crippen LogP contribution in [0.25, 0.3) is 110 Å². The van der Waals surface area contributed by atoms with Crippen molar-refractivity contribution in [3.05, 3.63) is 188 Å². The summed E-state index contributed by atoms with van der Waals surface area (Å²) >= 11 is 1.78. The van der Waals surface area contributed by atoms with Crippen molar-refractivity contribution in [1.29, 1.82) is 0 Å². The minimum absolute atomic E-state index is 0.630. The van der Waals surface area contributed by atoms with Gasteiger partial charge in [-0.05, 0) is 69.8 Å². The molecule has 3 heterocycles. The van der Waals surface area contributed by atoms with Crippen molar-refractivity contribution in [2.75, 3.05) is 0 Å². The number of benzene rings is 8. The van der Waals surface area contributed by atoms with Crippen LogP contribution in [0.1, 0.15) is 0 Å². The molecule has 0 aliphatic rings. The van der Waals surface area contributed by atoms with Gasteiger partial charge in [-0.2, -0.15) is 0 Å². The lowest BCUT2D eigenvalue weighted by molar-refractivity contribution is 0.669. The first-order chi connectivity index (χ1) is 27.7. The largest absolute Gasteiger partial charge is 0.456 e. The van der Waals surface area contributed by atoms with Gasteiger partial charge in [-0.3, -0.25) is 0 Å².